The van der Waals surface area contributed by atoms with E-state index in [0.717, 1.165) is 38.5 Å². The van der Waals surface area contributed by atoms with E-state index in [1.54, 1.807) is 6.92 Å². The van der Waals surface area contributed by atoms with Gasteiger partial charge in [-0.1, -0.05) is 13.8 Å². The van der Waals surface area contributed by atoms with Gasteiger partial charge in [0.2, 0.25) is 0 Å². The van der Waals surface area contributed by atoms with Crippen molar-refractivity contribution in [3.8, 4) is 0 Å². The van der Waals surface area contributed by atoms with Gasteiger partial charge in [0.05, 0.1) is 6.10 Å². The third-order valence-electron chi connectivity index (χ3n) is 9.55. The van der Waals surface area contributed by atoms with Crippen molar-refractivity contribution < 1.29 is 19.4 Å². The molecule has 0 radical (unpaired) electrons. The summed E-state index contributed by atoms with van der Waals surface area (Å²) in [5.74, 6) is 2.36. The third kappa shape index (κ3) is 2.81. The van der Waals surface area contributed by atoms with Crippen LogP contribution in [-0.2, 0) is 14.3 Å². The molecule has 0 aliphatic heterocycles. The van der Waals surface area contributed by atoms with E-state index in [-0.39, 0.29) is 40.7 Å². The Morgan fingerprint density at radius 2 is 1.70 bits per heavy atom. The highest BCUT2D eigenvalue weighted by Gasteiger charge is 2.64. The van der Waals surface area contributed by atoms with Gasteiger partial charge in [-0.2, -0.15) is 0 Å². The summed E-state index contributed by atoms with van der Waals surface area (Å²) in [7, 11) is 0. The highest BCUT2D eigenvalue weighted by atomic mass is 16.5. The molecule has 0 aromatic heterocycles. The van der Waals surface area contributed by atoms with Crippen LogP contribution in [0.5, 0.6) is 0 Å². The number of hydrogen-bond acceptors (Lipinski definition) is 4. The molecule has 9 atom stereocenters. The van der Waals surface area contributed by atoms with Crippen LogP contribution in [0.2, 0.25) is 0 Å². The minimum Gasteiger partial charge on any atom is -0.463 e. The first-order valence-electron chi connectivity index (χ1n) is 11.0. The molecule has 4 aliphatic rings. The first-order valence-corrected chi connectivity index (χ1v) is 11.0. The lowest BCUT2D eigenvalue weighted by Gasteiger charge is -2.62. The Bertz CT molecular complexity index is 630. The molecule has 0 aromatic rings. The number of esters is 1. The van der Waals surface area contributed by atoms with Crippen LogP contribution < -0.4 is 0 Å². The minimum absolute atomic E-state index is 0.0312. The summed E-state index contributed by atoms with van der Waals surface area (Å²) >= 11 is 0. The van der Waals surface area contributed by atoms with E-state index in [4.69, 9.17) is 4.74 Å². The van der Waals surface area contributed by atoms with Crippen molar-refractivity contribution in [2.24, 2.45) is 40.4 Å². The number of fused-ring (bicyclic) bond motifs is 5. The lowest BCUT2D eigenvalue weighted by Crippen LogP contribution is -2.59. The van der Waals surface area contributed by atoms with Crippen molar-refractivity contribution in [2.45, 2.75) is 91.3 Å². The van der Waals surface area contributed by atoms with Gasteiger partial charge in [0, 0.05) is 18.3 Å². The van der Waals surface area contributed by atoms with Crippen LogP contribution in [0, 0.1) is 40.4 Å². The summed E-state index contributed by atoms with van der Waals surface area (Å²) in [6, 6.07) is 0. The van der Waals surface area contributed by atoms with Gasteiger partial charge in [0.1, 0.15) is 11.9 Å². The van der Waals surface area contributed by atoms with E-state index in [1.807, 2.05) is 0 Å². The van der Waals surface area contributed by atoms with Gasteiger partial charge in [-0.25, -0.2) is 0 Å². The zero-order chi connectivity index (χ0) is 19.6. The molecule has 0 amide bonds. The predicted octanol–water partition coefficient (Wildman–Crippen LogP) is 4.14. The molecule has 0 spiro atoms. The van der Waals surface area contributed by atoms with Crippen LogP contribution in [-0.4, -0.2) is 29.1 Å². The van der Waals surface area contributed by atoms with E-state index < -0.39 is 0 Å². The monoisotopic (exact) mass is 376 g/mol. The second-order valence-electron chi connectivity index (χ2n) is 10.5. The smallest absolute Gasteiger partial charge is 0.302 e. The number of carbonyl (C=O) groups is 2. The highest BCUT2D eigenvalue weighted by molar-refractivity contribution is 5.79. The number of aliphatic hydroxyl groups excluding tert-OH is 1. The Kier molecular flexibility index (Phi) is 4.73. The van der Waals surface area contributed by atoms with Crippen LogP contribution in [0.1, 0.15) is 79.1 Å². The number of Topliss-reactive ketones (excluding diaryl/α,β-unsaturated/α-hetero) is 1. The molecule has 27 heavy (non-hydrogen) atoms. The Labute approximate surface area is 163 Å². The van der Waals surface area contributed by atoms with Crippen molar-refractivity contribution in [1.29, 1.82) is 0 Å². The largest absolute Gasteiger partial charge is 0.463 e. The Morgan fingerprint density at radius 3 is 2.37 bits per heavy atom. The average Bonchev–Trinajstić information content (AvgIpc) is 2.95. The molecule has 4 nitrogen and oxygen atoms in total. The number of carbonyl (C=O) groups excluding carboxylic acids is 2. The molecule has 152 valence electrons. The zero-order valence-electron chi connectivity index (χ0n) is 17.4. The predicted molar refractivity (Wildman–Crippen MR) is 103 cm³/mol. The number of ether oxygens (including phenoxy) is 1. The van der Waals surface area contributed by atoms with Crippen LogP contribution in [0.4, 0.5) is 0 Å². The lowest BCUT2D eigenvalue weighted by molar-refractivity contribution is -0.179. The first kappa shape index (κ1) is 19.4. The molecule has 4 aliphatic carbocycles. The summed E-state index contributed by atoms with van der Waals surface area (Å²) in [6.07, 6.45) is 8.00. The maximum atomic E-state index is 12.3. The topological polar surface area (TPSA) is 63.6 Å². The molecular weight excluding hydrogens is 340 g/mol. The van der Waals surface area contributed by atoms with Gasteiger partial charge in [-0.05, 0) is 87.4 Å². The number of aliphatic hydroxyl groups is 1. The lowest BCUT2D eigenvalue weighted by atomic mass is 9.44. The third-order valence-corrected chi connectivity index (χ3v) is 9.55. The molecule has 1 N–H and O–H groups in total. The molecule has 4 fully saturated rings. The second kappa shape index (κ2) is 6.57. The quantitative estimate of drug-likeness (QED) is 0.736. The number of ketones is 1. The molecule has 0 heterocycles. The molecular formula is C23H36O4. The maximum Gasteiger partial charge on any atom is 0.302 e. The van der Waals surface area contributed by atoms with Gasteiger partial charge in [-0.15, -0.1) is 0 Å². The fraction of sp³-hybridized carbons (Fsp3) is 0.913. The zero-order valence-corrected chi connectivity index (χ0v) is 17.4. The maximum absolute atomic E-state index is 12.3. The van der Waals surface area contributed by atoms with Crippen molar-refractivity contribution in [1.82, 2.24) is 0 Å². The Balaban J connectivity index is 1.58. The molecule has 4 saturated carbocycles. The molecule has 1 unspecified atom stereocenters. The summed E-state index contributed by atoms with van der Waals surface area (Å²) in [5, 5.41) is 11.3. The summed E-state index contributed by atoms with van der Waals surface area (Å²) in [5.41, 5.74) is 0.00132. The van der Waals surface area contributed by atoms with Gasteiger partial charge < -0.3 is 9.84 Å². The van der Waals surface area contributed by atoms with Gasteiger partial charge in [0.25, 0.3) is 0 Å². The van der Waals surface area contributed by atoms with Crippen LogP contribution >= 0.6 is 0 Å². The number of hydrogen-bond donors (Lipinski definition) is 1. The van der Waals surface area contributed by atoms with E-state index >= 15 is 0 Å². The normalized spacial score (nSPS) is 51.7. The van der Waals surface area contributed by atoms with Crippen molar-refractivity contribution in [3.05, 3.63) is 0 Å². The number of rotatable bonds is 2. The molecule has 0 bridgehead atoms. The standard InChI is InChI=1S/C23H36O4/c1-13(24)18-7-8-19-17-6-5-15-11-16(27-14(2)25)9-10-22(15,3)20(17)12-21(26)23(18,19)4/h15-21,26H,5-12H2,1-4H3/t15?,16-,17-,18+,19-,20-,21-,22-,23+/m0/s1. The van der Waals surface area contributed by atoms with E-state index in [1.165, 1.54) is 19.8 Å². The highest BCUT2D eigenvalue weighted by Crippen LogP contribution is 2.67. The van der Waals surface area contributed by atoms with Gasteiger partial charge in [-0.3, -0.25) is 9.59 Å². The summed E-state index contributed by atoms with van der Waals surface area (Å²) in [4.78, 5) is 23.7. The Morgan fingerprint density at radius 1 is 0.963 bits per heavy atom. The van der Waals surface area contributed by atoms with Crippen molar-refractivity contribution in [2.75, 3.05) is 0 Å². The van der Waals surface area contributed by atoms with E-state index in [2.05, 4.69) is 13.8 Å². The van der Waals surface area contributed by atoms with Crippen molar-refractivity contribution >= 4 is 11.8 Å². The van der Waals surface area contributed by atoms with Crippen molar-refractivity contribution in [3.63, 3.8) is 0 Å². The fourth-order valence-corrected chi connectivity index (χ4v) is 8.18. The molecule has 4 rings (SSSR count). The summed E-state index contributed by atoms with van der Waals surface area (Å²) in [6.45, 7) is 7.86. The minimum atomic E-state index is -0.373. The van der Waals surface area contributed by atoms with E-state index in [9.17, 15) is 14.7 Å². The van der Waals surface area contributed by atoms with Gasteiger partial charge >= 0.3 is 5.97 Å². The van der Waals surface area contributed by atoms with Gasteiger partial charge in [0.15, 0.2) is 0 Å². The first-order chi connectivity index (χ1) is 12.7. The second-order valence-corrected chi connectivity index (χ2v) is 10.5. The van der Waals surface area contributed by atoms with Crippen LogP contribution in [0.15, 0.2) is 0 Å². The molecule has 0 saturated heterocycles. The Hall–Kier alpha value is -0.900. The molecule has 4 heteroatoms. The molecule has 0 aromatic carbocycles. The van der Waals surface area contributed by atoms with Crippen LogP contribution in [0.25, 0.3) is 0 Å². The average molecular weight is 377 g/mol. The van der Waals surface area contributed by atoms with Crippen LogP contribution in [0.3, 0.4) is 0 Å². The summed E-state index contributed by atoms with van der Waals surface area (Å²) < 4.78 is 5.54. The fourth-order valence-electron chi connectivity index (χ4n) is 8.18. The SMILES string of the molecule is CC(=O)O[C@H]1CC[C@@]2(C)C(CC[C@H]3[C@@H]4CC[C@H](C(C)=O)[C@@]4(C)[C@@H](O)C[C@@H]32)C1. The van der Waals surface area contributed by atoms with E-state index in [0.29, 0.717) is 23.7 Å².